The number of carbonyl (C=O) groups is 1. The zero-order valence-electron chi connectivity index (χ0n) is 14.0. The molecule has 3 nitrogen and oxygen atoms in total. The molecule has 3 heteroatoms. The lowest BCUT2D eigenvalue weighted by atomic mass is 9.89. The van der Waals surface area contributed by atoms with E-state index in [1.54, 1.807) is 13.8 Å². The van der Waals surface area contributed by atoms with Gasteiger partial charge in [0.2, 0.25) is 0 Å². The molecule has 2 aromatic carbocycles. The van der Waals surface area contributed by atoms with Crippen molar-refractivity contribution in [1.82, 2.24) is 0 Å². The molecule has 0 fully saturated rings. The third-order valence-electron chi connectivity index (χ3n) is 3.59. The standard InChI is InChI=1S/C20H24O3/c1-4-23-19(21)13-15-9-5-7-11-17(15)18-12-8-6-10-16(18)14-20(2,3)22/h5-12,22H,4,13-14H2,1-3H3. The van der Waals surface area contributed by atoms with Crippen molar-refractivity contribution in [2.45, 2.75) is 39.2 Å². The molecule has 0 saturated carbocycles. The minimum atomic E-state index is -0.786. The normalized spacial score (nSPS) is 11.3. The number of hydrogen-bond donors (Lipinski definition) is 1. The van der Waals surface area contributed by atoms with Gasteiger partial charge in [0.25, 0.3) is 0 Å². The first-order chi connectivity index (χ1) is 10.9. The van der Waals surface area contributed by atoms with E-state index < -0.39 is 5.60 Å². The van der Waals surface area contributed by atoms with Gasteiger partial charge in [0.1, 0.15) is 0 Å². The average Bonchev–Trinajstić information content (AvgIpc) is 2.47. The van der Waals surface area contributed by atoms with Crippen LogP contribution >= 0.6 is 0 Å². The molecule has 0 aliphatic heterocycles. The minimum Gasteiger partial charge on any atom is -0.466 e. The van der Waals surface area contributed by atoms with Crippen LogP contribution in [0.15, 0.2) is 48.5 Å². The molecule has 2 aromatic rings. The predicted octanol–water partition coefficient (Wildman–Crippen LogP) is 3.77. The topological polar surface area (TPSA) is 46.5 Å². The van der Waals surface area contributed by atoms with E-state index in [9.17, 15) is 9.90 Å². The fourth-order valence-corrected chi connectivity index (χ4v) is 2.71. The van der Waals surface area contributed by atoms with Gasteiger partial charge < -0.3 is 9.84 Å². The highest BCUT2D eigenvalue weighted by atomic mass is 16.5. The fourth-order valence-electron chi connectivity index (χ4n) is 2.71. The minimum absolute atomic E-state index is 0.222. The quantitative estimate of drug-likeness (QED) is 0.826. The number of aliphatic hydroxyl groups is 1. The molecule has 0 radical (unpaired) electrons. The van der Waals surface area contributed by atoms with Crippen LogP contribution in [0.1, 0.15) is 31.9 Å². The van der Waals surface area contributed by atoms with Crippen LogP contribution in [0, 0.1) is 0 Å². The zero-order valence-corrected chi connectivity index (χ0v) is 14.0. The predicted molar refractivity (Wildman–Crippen MR) is 92.2 cm³/mol. The first kappa shape index (κ1) is 17.2. The third kappa shape index (κ3) is 4.93. The molecule has 0 atom stereocenters. The number of ether oxygens (including phenoxy) is 1. The van der Waals surface area contributed by atoms with Gasteiger partial charge in [-0.3, -0.25) is 4.79 Å². The maximum Gasteiger partial charge on any atom is 0.310 e. The Kier molecular flexibility index (Phi) is 5.56. The van der Waals surface area contributed by atoms with Gasteiger partial charge in [0.05, 0.1) is 18.6 Å². The van der Waals surface area contributed by atoms with Crippen molar-refractivity contribution in [3.8, 4) is 11.1 Å². The number of carbonyl (C=O) groups excluding carboxylic acids is 1. The molecule has 1 N–H and O–H groups in total. The summed E-state index contributed by atoms with van der Waals surface area (Å²) in [6, 6.07) is 15.9. The summed E-state index contributed by atoms with van der Waals surface area (Å²) in [6.45, 7) is 5.79. The summed E-state index contributed by atoms with van der Waals surface area (Å²) in [5.41, 5.74) is 3.28. The first-order valence-corrected chi connectivity index (χ1v) is 7.95. The van der Waals surface area contributed by atoms with Crippen LogP contribution in [0.3, 0.4) is 0 Å². The van der Waals surface area contributed by atoms with Crippen molar-refractivity contribution in [3.05, 3.63) is 59.7 Å². The molecule has 122 valence electrons. The molecule has 2 rings (SSSR count). The van der Waals surface area contributed by atoms with Gasteiger partial charge in [-0.1, -0.05) is 48.5 Å². The van der Waals surface area contributed by atoms with Crippen LogP contribution in [0.2, 0.25) is 0 Å². The average molecular weight is 312 g/mol. The zero-order chi connectivity index (χ0) is 16.9. The van der Waals surface area contributed by atoms with E-state index in [1.807, 2.05) is 55.5 Å². The highest BCUT2D eigenvalue weighted by Crippen LogP contribution is 2.29. The number of hydrogen-bond acceptors (Lipinski definition) is 3. The van der Waals surface area contributed by atoms with E-state index in [2.05, 4.69) is 0 Å². The molecule has 0 aromatic heterocycles. The van der Waals surface area contributed by atoms with Crippen LogP contribution in [0.5, 0.6) is 0 Å². The molecule has 0 aliphatic rings. The van der Waals surface area contributed by atoms with Gasteiger partial charge in [-0.2, -0.15) is 0 Å². The van der Waals surface area contributed by atoms with Gasteiger partial charge in [0.15, 0.2) is 0 Å². The molecular formula is C20H24O3. The molecule has 0 heterocycles. The number of benzene rings is 2. The molecule has 0 amide bonds. The van der Waals surface area contributed by atoms with Crippen LogP contribution in [-0.2, 0) is 22.4 Å². The molecule has 0 saturated heterocycles. The fraction of sp³-hybridized carbons (Fsp3) is 0.350. The Morgan fingerprint density at radius 1 is 1.00 bits per heavy atom. The van der Waals surface area contributed by atoms with E-state index in [0.717, 1.165) is 22.3 Å². The van der Waals surface area contributed by atoms with E-state index in [1.165, 1.54) is 0 Å². The summed E-state index contributed by atoms with van der Waals surface area (Å²) in [5.74, 6) is -0.222. The Balaban J connectivity index is 2.41. The van der Waals surface area contributed by atoms with Crippen LogP contribution in [-0.4, -0.2) is 23.3 Å². The molecule has 23 heavy (non-hydrogen) atoms. The molecule has 0 bridgehead atoms. The van der Waals surface area contributed by atoms with Gasteiger partial charge in [-0.25, -0.2) is 0 Å². The van der Waals surface area contributed by atoms with Gasteiger partial charge in [0, 0.05) is 6.42 Å². The Hall–Kier alpha value is -2.13. The largest absolute Gasteiger partial charge is 0.466 e. The van der Waals surface area contributed by atoms with E-state index in [-0.39, 0.29) is 12.4 Å². The van der Waals surface area contributed by atoms with Gasteiger partial charge >= 0.3 is 5.97 Å². The van der Waals surface area contributed by atoms with Crippen molar-refractivity contribution < 1.29 is 14.6 Å². The number of esters is 1. The Bertz CT molecular complexity index is 669. The maximum absolute atomic E-state index is 11.8. The molecule has 0 aliphatic carbocycles. The lowest BCUT2D eigenvalue weighted by Crippen LogP contribution is -2.22. The van der Waals surface area contributed by atoms with Crippen molar-refractivity contribution >= 4 is 5.97 Å². The number of rotatable bonds is 6. The maximum atomic E-state index is 11.8. The first-order valence-electron chi connectivity index (χ1n) is 7.95. The van der Waals surface area contributed by atoms with Crippen molar-refractivity contribution in [2.24, 2.45) is 0 Å². The van der Waals surface area contributed by atoms with E-state index in [0.29, 0.717) is 13.0 Å². The molecular weight excluding hydrogens is 288 g/mol. The molecule has 0 unspecified atom stereocenters. The summed E-state index contributed by atoms with van der Waals surface area (Å²) in [5, 5.41) is 10.2. The third-order valence-corrected chi connectivity index (χ3v) is 3.59. The van der Waals surface area contributed by atoms with Crippen molar-refractivity contribution in [2.75, 3.05) is 6.61 Å². The van der Waals surface area contributed by atoms with Crippen molar-refractivity contribution in [1.29, 1.82) is 0 Å². The Labute approximate surface area is 137 Å². The second-order valence-corrected chi connectivity index (χ2v) is 6.29. The van der Waals surface area contributed by atoms with Crippen LogP contribution in [0.4, 0.5) is 0 Å². The van der Waals surface area contributed by atoms with Crippen LogP contribution < -0.4 is 0 Å². The Morgan fingerprint density at radius 2 is 1.52 bits per heavy atom. The van der Waals surface area contributed by atoms with Gasteiger partial charge in [-0.15, -0.1) is 0 Å². The highest BCUT2D eigenvalue weighted by Gasteiger charge is 2.18. The highest BCUT2D eigenvalue weighted by molar-refractivity contribution is 5.79. The second-order valence-electron chi connectivity index (χ2n) is 6.29. The lowest BCUT2D eigenvalue weighted by molar-refractivity contribution is -0.142. The van der Waals surface area contributed by atoms with Gasteiger partial charge in [-0.05, 0) is 43.0 Å². The van der Waals surface area contributed by atoms with Crippen molar-refractivity contribution in [3.63, 3.8) is 0 Å². The van der Waals surface area contributed by atoms with E-state index in [4.69, 9.17) is 4.74 Å². The summed E-state index contributed by atoms with van der Waals surface area (Å²) in [6.07, 6.45) is 0.803. The smallest absolute Gasteiger partial charge is 0.310 e. The SMILES string of the molecule is CCOC(=O)Cc1ccccc1-c1ccccc1CC(C)(C)O. The van der Waals surface area contributed by atoms with E-state index >= 15 is 0 Å². The summed E-state index contributed by atoms with van der Waals surface area (Å²) >= 11 is 0. The monoisotopic (exact) mass is 312 g/mol. The summed E-state index contributed by atoms with van der Waals surface area (Å²) in [4.78, 5) is 11.8. The summed E-state index contributed by atoms with van der Waals surface area (Å²) < 4.78 is 5.07. The lowest BCUT2D eigenvalue weighted by Gasteiger charge is -2.20. The Morgan fingerprint density at radius 3 is 2.09 bits per heavy atom. The molecule has 0 spiro atoms. The van der Waals surface area contributed by atoms with Crippen LogP contribution in [0.25, 0.3) is 11.1 Å². The summed E-state index contributed by atoms with van der Waals surface area (Å²) in [7, 11) is 0. The second kappa shape index (κ2) is 7.42.